The van der Waals surface area contributed by atoms with Crippen molar-refractivity contribution in [2.24, 2.45) is 17.0 Å². The fourth-order valence-corrected chi connectivity index (χ4v) is 5.84. The number of halogens is 3. The summed E-state index contributed by atoms with van der Waals surface area (Å²) in [5.74, 6) is -1.76. The molecule has 1 fully saturated rings. The van der Waals surface area contributed by atoms with E-state index in [1.165, 1.54) is 30.3 Å². The summed E-state index contributed by atoms with van der Waals surface area (Å²) in [5.41, 5.74) is 2.58. The fraction of sp³-hybridized carbons (Fsp3) is 0.310. The summed E-state index contributed by atoms with van der Waals surface area (Å²) in [6, 6.07) is 18.8. The normalized spacial score (nSPS) is 17.2. The molecule has 1 aliphatic carbocycles. The Morgan fingerprint density at radius 3 is 2.20 bits per heavy atom. The van der Waals surface area contributed by atoms with Gasteiger partial charge in [0, 0.05) is 37.5 Å². The van der Waals surface area contributed by atoms with Crippen LogP contribution in [0.5, 0.6) is 5.75 Å². The number of sulfonamides is 1. The molecule has 3 aromatic rings. The Kier molecular flexibility index (Phi) is 9.03. The Hall–Kier alpha value is -3.90. The van der Waals surface area contributed by atoms with Crippen molar-refractivity contribution in [3.63, 3.8) is 0 Å². The van der Waals surface area contributed by atoms with Crippen LogP contribution in [0, 0.1) is 11.8 Å². The highest BCUT2D eigenvalue weighted by Crippen LogP contribution is 2.34. The summed E-state index contributed by atoms with van der Waals surface area (Å²) in [6.07, 6.45) is -2.91. The third-order valence-corrected chi connectivity index (χ3v) is 8.02. The van der Waals surface area contributed by atoms with Gasteiger partial charge in [0.15, 0.2) is 0 Å². The summed E-state index contributed by atoms with van der Waals surface area (Å²) in [4.78, 5) is 27.8. The molecule has 0 saturated heterocycles. The molecule has 1 saturated carbocycles. The van der Waals surface area contributed by atoms with Gasteiger partial charge in [-0.15, -0.1) is 13.2 Å². The number of hydrogen-bond donors (Lipinski definition) is 2. The highest BCUT2D eigenvalue weighted by molar-refractivity contribution is 7.89. The van der Waals surface area contributed by atoms with Crippen LogP contribution in [0.3, 0.4) is 0 Å². The van der Waals surface area contributed by atoms with Gasteiger partial charge in [-0.1, -0.05) is 61.0 Å². The Bertz CT molecular complexity index is 1490. The molecule has 218 valence electrons. The first-order valence-electron chi connectivity index (χ1n) is 12.9. The number of ether oxygens (including phenoxy) is 1. The average Bonchev–Trinajstić information content (AvgIpc) is 3.41. The monoisotopic (exact) mass is 589 g/mol. The molecule has 2 atom stereocenters. The second-order valence-electron chi connectivity index (χ2n) is 9.99. The molecular weight excluding hydrogens is 559 g/mol. The lowest BCUT2D eigenvalue weighted by atomic mass is 9.93. The molecule has 0 spiro atoms. The number of primary sulfonamides is 1. The number of nitrogens with two attached hydrogens (primary N) is 1. The van der Waals surface area contributed by atoms with Crippen LogP contribution >= 0.6 is 0 Å². The third kappa shape index (κ3) is 7.86. The van der Waals surface area contributed by atoms with E-state index in [1.54, 1.807) is 42.3 Å². The van der Waals surface area contributed by atoms with E-state index in [2.05, 4.69) is 10.1 Å². The molecule has 12 heteroatoms. The van der Waals surface area contributed by atoms with E-state index >= 15 is 0 Å². The number of rotatable bonds is 9. The van der Waals surface area contributed by atoms with Crippen molar-refractivity contribution in [2.75, 3.05) is 7.05 Å². The van der Waals surface area contributed by atoms with Crippen LogP contribution in [0.1, 0.15) is 30.4 Å². The number of carbonyl (C=O) groups excluding carboxylic acids is 2. The molecular formula is C29H30F3N3O5S. The molecule has 0 unspecified atom stereocenters. The lowest BCUT2D eigenvalue weighted by Gasteiger charge is -2.25. The van der Waals surface area contributed by atoms with Crippen molar-refractivity contribution in [2.45, 2.75) is 43.6 Å². The lowest BCUT2D eigenvalue weighted by molar-refractivity contribution is -0.274. The van der Waals surface area contributed by atoms with Crippen molar-refractivity contribution in [1.82, 2.24) is 10.2 Å². The van der Waals surface area contributed by atoms with Crippen molar-refractivity contribution in [1.29, 1.82) is 0 Å². The summed E-state index contributed by atoms with van der Waals surface area (Å²) in [6.45, 7) is 0.409. The third-order valence-electron chi connectivity index (χ3n) is 7.05. The van der Waals surface area contributed by atoms with E-state index < -0.39 is 28.2 Å². The van der Waals surface area contributed by atoms with E-state index in [1.807, 2.05) is 12.1 Å². The quantitative estimate of drug-likeness (QED) is 0.379. The van der Waals surface area contributed by atoms with Crippen LogP contribution < -0.4 is 15.2 Å². The van der Waals surface area contributed by atoms with Gasteiger partial charge in [-0.05, 0) is 47.7 Å². The number of alkyl halides is 3. The first-order chi connectivity index (χ1) is 19.3. The van der Waals surface area contributed by atoms with Crippen molar-refractivity contribution >= 4 is 21.8 Å². The molecule has 41 heavy (non-hydrogen) atoms. The SMILES string of the molecule is CN(Cc1ccc(-c2ccccc2S(N)(=O)=O)cc1)C(=O)[C@@H]1CCC[C@H]1C(=O)NCc1ccc(OC(F)(F)F)cc1. The number of carbonyl (C=O) groups is 2. The number of amides is 2. The van der Waals surface area contributed by atoms with Gasteiger partial charge in [0.05, 0.1) is 4.90 Å². The van der Waals surface area contributed by atoms with Crippen LogP contribution in [-0.2, 0) is 32.7 Å². The largest absolute Gasteiger partial charge is 0.573 e. The zero-order valence-corrected chi connectivity index (χ0v) is 23.0. The van der Waals surface area contributed by atoms with Crippen LogP contribution in [0.2, 0.25) is 0 Å². The van der Waals surface area contributed by atoms with Gasteiger partial charge in [-0.2, -0.15) is 0 Å². The molecule has 3 N–H and O–H groups in total. The highest BCUT2D eigenvalue weighted by atomic mass is 32.2. The van der Waals surface area contributed by atoms with Crippen LogP contribution in [0.15, 0.2) is 77.7 Å². The first kappa shape index (κ1) is 30.1. The van der Waals surface area contributed by atoms with E-state index in [-0.39, 0.29) is 29.0 Å². The standard InChI is InChI=1S/C29H30F3N3O5S/c1-35(18-20-9-13-21(14-10-20)23-5-2-3-8-26(23)41(33,38)39)28(37)25-7-4-6-24(25)27(36)34-17-19-11-15-22(16-12-19)40-29(30,31)32/h2-3,5,8-16,24-25H,4,6-7,17-18H2,1H3,(H,34,36)(H2,33,38,39)/t24-,25-/m1/s1. The van der Waals surface area contributed by atoms with E-state index in [0.29, 0.717) is 36.1 Å². The summed E-state index contributed by atoms with van der Waals surface area (Å²) >= 11 is 0. The minimum absolute atomic E-state index is 0.0260. The van der Waals surface area contributed by atoms with Gasteiger partial charge in [0.25, 0.3) is 0 Å². The van der Waals surface area contributed by atoms with E-state index in [9.17, 15) is 31.2 Å². The second-order valence-corrected chi connectivity index (χ2v) is 11.5. The molecule has 0 aromatic heterocycles. The maximum Gasteiger partial charge on any atom is 0.573 e. The van der Waals surface area contributed by atoms with Crippen molar-refractivity contribution in [3.8, 4) is 16.9 Å². The molecule has 2 amide bonds. The zero-order valence-electron chi connectivity index (χ0n) is 22.2. The average molecular weight is 590 g/mol. The first-order valence-corrected chi connectivity index (χ1v) is 14.4. The van der Waals surface area contributed by atoms with E-state index in [0.717, 1.165) is 12.0 Å². The number of benzene rings is 3. The molecule has 0 radical (unpaired) electrons. The number of hydrogen-bond acceptors (Lipinski definition) is 5. The Balaban J connectivity index is 1.34. The minimum atomic E-state index is -4.78. The smallest absolute Gasteiger partial charge is 0.406 e. The Labute approximate surface area is 236 Å². The summed E-state index contributed by atoms with van der Waals surface area (Å²) in [5, 5.41) is 8.14. The van der Waals surface area contributed by atoms with Crippen LogP contribution in [0.4, 0.5) is 13.2 Å². The predicted octanol–water partition coefficient (Wildman–Crippen LogP) is 4.59. The molecule has 4 rings (SSSR count). The molecule has 0 bridgehead atoms. The summed E-state index contributed by atoms with van der Waals surface area (Å²) in [7, 11) is -2.23. The van der Waals surface area contributed by atoms with Gasteiger partial charge >= 0.3 is 6.36 Å². The van der Waals surface area contributed by atoms with Gasteiger partial charge < -0.3 is 15.0 Å². The molecule has 1 aliphatic rings. The zero-order chi connectivity index (χ0) is 29.8. The van der Waals surface area contributed by atoms with Crippen LogP contribution in [0.25, 0.3) is 11.1 Å². The van der Waals surface area contributed by atoms with Gasteiger partial charge in [0.2, 0.25) is 21.8 Å². The predicted molar refractivity (Wildman–Crippen MR) is 146 cm³/mol. The van der Waals surface area contributed by atoms with Gasteiger partial charge in [-0.25, -0.2) is 13.6 Å². The Morgan fingerprint density at radius 2 is 1.56 bits per heavy atom. The maximum absolute atomic E-state index is 13.3. The lowest BCUT2D eigenvalue weighted by Crippen LogP contribution is -2.40. The number of nitrogens with one attached hydrogen (secondary N) is 1. The minimum Gasteiger partial charge on any atom is -0.406 e. The van der Waals surface area contributed by atoms with Crippen molar-refractivity contribution < 1.29 is 35.9 Å². The fourth-order valence-electron chi connectivity index (χ4n) is 5.08. The van der Waals surface area contributed by atoms with E-state index in [4.69, 9.17) is 5.14 Å². The van der Waals surface area contributed by atoms with Crippen molar-refractivity contribution in [3.05, 3.63) is 83.9 Å². The number of nitrogens with zero attached hydrogens (tertiary/aromatic N) is 1. The molecule has 0 heterocycles. The second kappa shape index (κ2) is 12.3. The Morgan fingerprint density at radius 1 is 0.951 bits per heavy atom. The topological polar surface area (TPSA) is 119 Å². The van der Waals surface area contributed by atoms with Gasteiger partial charge in [0.1, 0.15) is 5.75 Å². The molecule has 8 nitrogen and oxygen atoms in total. The van der Waals surface area contributed by atoms with Gasteiger partial charge in [-0.3, -0.25) is 9.59 Å². The van der Waals surface area contributed by atoms with Crippen LogP contribution in [-0.4, -0.2) is 38.5 Å². The molecule has 0 aliphatic heterocycles. The highest BCUT2D eigenvalue weighted by Gasteiger charge is 2.39. The summed E-state index contributed by atoms with van der Waals surface area (Å²) < 4.78 is 64.8. The molecule has 3 aromatic carbocycles. The maximum atomic E-state index is 13.3.